The van der Waals surface area contributed by atoms with E-state index in [2.05, 4.69) is 21.2 Å². The molecular weight excluding hydrogens is 304 g/mol. The van der Waals surface area contributed by atoms with Crippen LogP contribution in [0.4, 0.5) is 8.78 Å². The van der Waals surface area contributed by atoms with Gasteiger partial charge in [-0.15, -0.1) is 0 Å². The Labute approximate surface area is 113 Å². The van der Waals surface area contributed by atoms with Gasteiger partial charge in [0.2, 0.25) is 0 Å². The van der Waals surface area contributed by atoms with Crippen LogP contribution in [-0.2, 0) is 0 Å². The van der Waals surface area contributed by atoms with Crippen LogP contribution in [0.15, 0.2) is 18.2 Å². The molecule has 1 aliphatic carbocycles. The third-order valence-corrected chi connectivity index (χ3v) is 4.27. The molecule has 98 valence electrons. The quantitative estimate of drug-likeness (QED) is 0.832. The van der Waals surface area contributed by atoms with E-state index < -0.39 is 17.5 Å². The maximum Gasteiger partial charge on any atom is 0.254 e. The maximum atomic E-state index is 13.4. The first kappa shape index (κ1) is 13.5. The average molecular weight is 318 g/mol. The smallest absolute Gasteiger partial charge is 0.254 e. The minimum atomic E-state index is -0.825. The number of carbonyl (C=O) groups is 1. The van der Waals surface area contributed by atoms with Crippen LogP contribution in [0.2, 0.25) is 0 Å². The summed E-state index contributed by atoms with van der Waals surface area (Å²) in [5, 5.41) is 2.80. The minimum absolute atomic E-state index is 0.00991. The molecule has 2 atom stereocenters. The molecule has 1 amide bonds. The summed E-state index contributed by atoms with van der Waals surface area (Å²) in [4.78, 5) is 12.1. The Hall–Kier alpha value is -0.970. The molecule has 0 radical (unpaired) electrons. The minimum Gasteiger partial charge on any atom is -0.348 e. The van der Waals surface area contributed by atoms with Gasteiger partial charge in [0.05, 0.1) is 5.56 Å². The highest BCUT2D eigenvalue weighted by atomic mass is 79.9. The lowest BCUT2D eigenvalue weighted by Gasteiger charge is -2.28. The van der Waals surface area contributed by atoms with Gasteiger partial charge in [-0.1, -0.05) is 28.8 Å². The second-order valence-electron chi connectivity index (χ2n) is 4.50. The highest BCUT2D eigenvalue weighted by molar-refractivity contribution is 9.09. The lowest BCUT2D eigenvalue weighted by Crippen LogP contribution is -2.42. The Morgan fingerprint density at radius 2 is 2.00 bits per heavy atom. The maximum absolute atomic E-state index is 13.4. The van der Waals surface area contributed by atoms with Crippen molar-refractivity contribution in [3.63, 3.8) is 0 Å². The van der Waals surface area contributed by atoms with Gasteiger partial charge in [0, 0.05) is 16.9 Å². The molecule has 5 heteroatoms. The predicted octanol–water partition coefficient (Wildman–Crippen LogP) is 3.40. The molecule has 0 aliphatic heterocycles. The van der Waals surface area contributed by atoms with Crippen LogP contribution >= 0.6 is 15.9 Å². The van der Waals surface area contributed by atoms with Gasteiger partial charge in [-0.05, 0) is 25.0 Å². The number of amides is 1. The Morgan fingerprint density at radius 1 is 1.28 bits per heavy atom. The molecule has 0 bridgehead atoms. The van der Waals surface area contributed by atoms with Gasteiger partial charge in [0.25, 0.3) is 5.91 Å². The molecule has 1 fully saturated rings. The normalized spacial score (nSPS) is 23.7. The number of alkyl halides is 1. The standard InChI is InChI=1S/C13H14BrF2NO/c14-10-3-1-2-4-12(10)17-13(18)9-6-5-8(15)7-11(9)16/h5-7,10,12H,1-4H2,(H,17,18). The number of carbonyl (C=O) groups excluding carboxylic acids is 1. The second kappa shape index (κ2) is 5.78. The molecule has 1 aromatic rings. The highest BCUT2D eigenvalue weighted by Crippen LogP contribution is 2.24. The molecule has 2 rings (SSSR count). The molecule has 2 nitrogen and oxygen atoms in total. The van der Waals surface area contributed by atoms with Crippen molar-refractivity contribution >= 4 is 21.8 Å². The predicted molar refractivity (Wildman–Crippen MR) is 68.8 cm³/mol. The van der Waals surface area contributed by atoms with E-state index in [9.17, 15) is 13.6 Å². The van der Waals surface area contributed by atoms with Crippen molar-refractivity contribution in [2.75, 3.05) is 0 Å². The molecule has 0 heterocycles. The molecule has 0 aromatic heterocycles. The molecule has 18 heavy (non-hydrogen) atoms. The number of nitrogens with one attached hydrogen (secondary N) is 1. The van der Waals surface area contributed by atoms with Crippen molar-refractivity contribution in [2.45, 2.75) is 36.6 Å². The molecule has 0 saturated heterocycles. The molecule has 0 spiro atoms. The van der Waals surface area contributed by atoms with Crippen LogP contribution in [0.3, 0.4) is 0 Å². The first-order valence-corrected chi connectivity index (χ1v) is 6.89. The summed E-state index contributed by atoms with van der Waals surface area (Å²) in [6, 6.07) is 2.99. The third kappa shape index (κ3) is 3.07. The van der Waals surface area contributed by atoms with Crippen LogP contribution in [0.25, 0.3) is 0 Å². The summed E-state index contributed by atoms with van der Waals surface area (Å²) < 4.78 is 26.2. The fraction of sp³-hybridized carbons (Fsp3) is 0.462. The van der Waals surface area contributed by atoms with E-state index in [0.29, 0.717) is 0 Å². The molecular formula is C13H14BrF2NO. The van der Waals surface area contributed by atoms with E-state index >= 15 is 0 Å². The van der Waals surface area contributed by atoms with E-state index in [-0.39, 0.29) is 16.4 Å². The highest BCUT2D eigenvalue weighted by Gasteiger charge is 2.25. The van der Waals surface area contributed by atoms with Gasteiger partial charge in [-0.3, -0.25) is 4.79 Å². The Kier molecular flexibility index (Phi) is 4.32. The van der Waals surface area contributed by atoms with E-state index in [4.69, 9.17) is 0 Å². The molecule has 1 saturated carbocycles. The summed E-state index contributed by atoms with van der Waals surface area (Å²) in [5.74, 6) is -1.99. The van der Waals surface area contributed by atoms with Crippen LogP contribution in [0.5, 0.6) is 0 Å². The number of benzene rings is 1. The zero-order valence-electron chi connectivity index (χ0n) is 9.76. The number of hydrogen-bond donors (Lipinski definition) is 1. The van der Waals surface area contributed by atoms with E-state index in [1.165, 1.54) is 6.07 Å². The van der Waals surface area contributed by atoms with Gasteiger partial charge in [-0.25, -0.2) is 8.78 Å². The number of rotatable bonds is 2. The van der Waals surface area contributed by atoms with Crippen LogP contribution in [0.1, 0.15) is 36.0 Å². The average Bonchev–Trinajstić information content (AvgIpc) is 2.32. The lowest BCUT2D eigenvalue weighted by molar-refractivity contribution is 0.0925. The van der Waals surface area contributed by atoms with Crippen molar-refractivity contribution < 1.29 is 13.6 Å². The van der Waals surface area contributed by atoms with Gasteiger partial charge in [-0.2, -0.15) is 0 Å². The molecule has 2 unspecified atom stereocenters. The Balaban J connectivity index is 2.07. The summed E-state index contributed by atoms with van der Waals surface area (Å²) >= 11 is 3.52. The number of halogens is 3. The number of hydrogen-bond acceptors (Lipinski definition) is 1. The molecule has 1 N–H and O–H groups in total. The first-order chi connectivity index (χ1) is 8.58. The first-order valence-electron chi connectivity index (χ1n) is 5.98. The van der Waals surface area contributed by atoms with Crippen molar-refractivity contribution in [3.05, 3.63) is 35.4 Å². The van der Waals surface area contributed by atoms with Gasteiger partial charge in [0.15, 0.2) is 0 Å². The van der Waals surface area contributed by atoms with Crippen molar-refractivity contribution in [1.82, 2.24) is 5.32 Å². The summed E-state index contributed by atoms with van der Waals surface area (Å²) in [6.45, 7) is 0. The van der Waals surface area contributed by atoms with E-state index in [0.717, 1.165) is 37.8 Å². The fourth-order valence-electron chi connectivity index (χ4n) is 2.17. The molecule has 1 aromatic carbocycles. The summed E-state index contributed by atoms with van der Waals surface area (Å²) in [5.41, 5.74) is -0.110. The fourth-order valence-corrected chi connectivity index (χ4v) is 2.89. The van der Waals surface area contributed by atoms with Crippen molar-refractivity contribution in [1.29, 1.82) is 0 Å². The topological polar surface area (TPSA) is 29.1 Å². The zero-order valence-corrected chi connectivity index (χ0v) is 11.3. The SMILES string of the molecule is O=C(NC1CCCCC1Br)c1ccc(F)cc1F. The lowest BCUT2D eigenvalue weighted by atomic mass is 9.95. The van der Waals surface area contributed by atoms with Gasteiger partial charge in [0.1, 0.15) is 11.6 Å². The Morgan fingerprint density at radius 3 is 2.67 bits per heavy atom. The van der Waals surface area contributed by atoms with Gasteiger partial charge >= 0.3 is 0 Å². The zero-order chi connectivity index (χ0) is 13.1. The van der Waals surface area contributed by atoms with Crippen molar-refractivity contribution in [3.8, 4) is 0 Å². The van der Waals surface area contributed by atoms with Crippen LogP contribution < -0.4 is 5.32 Å². The Bertz CT molecular complexity index is 453. The van der Waals surface area contributed by atoms with Crippen molar-refractivity contribution in [2.24, 2.45) is 0 Å². The van der Waals surface area contributed by atoms with Gasteiger partial charge < -0.3 is 5.32 Å². The monoisotopic (exact) mass is 317 g/mol. The van der Waals surface area contributed by atoms with Crippen LogP contribution in [-0.4, -0.2) is 16.8 Å². The summed E-state index contributed by atoms with van der Waals surface area (Å²) in [7, 11) is 0. The van der Waals surface area contributed by atoms with Crippen LogP contribution in [0, 0.1) is 11.6 Å². The third-order valence-electron chi connectivity index (χ3n) is 3.17. The van der Waals surface area contributed by atoms with E-state index in [1.807, 2.05) is 0 Å². The molecule has 1 aliphatic rings. The van der Waals surface area contributed by atoms with E-state index in [1.54, 1.807) is 0 Å². The summed E-state index contributed by atoms with van der Waals surface area (Å²) in [6.07, 6.45) is 4.06. The largest absolute Gasteiger partial charge is 0.348 e. The second-order valence-corrected chi connectivity index (χ2v) is 5.68.